The molecular formula is C18H18N4O3S. The molecule has 1 unspecified atom stereocenters. The SMILES string of the molecule is COc1ccc(Cn2cc(C3SCC(=O)N3Cc3ccco3)nn2)cc1. The number of ether oxygens (including phenoxy) is 1. The van der Waals surface area contributed by atoms with Crippen molar-refractivity contribution in [2.75, 3.05) is 12.9 Å². The molecule has 0 N–H and O–H groups in total. The fourth-order valence-electron chi connectivity index (χ4n) is 2.86. The zero-order valence-corrected chi connectivity index (χ0v) is 15.1. The van der Waals surface area contributed by atoms with Crippen LogP contribution >= 0.6 is 11.8 Å². The van der Waals surface area contributed by atoms with Crippen LogP contribution in [0, 0.1) is 0 Å². The van der Waals surface area contributed by atoms with Crippen molar-refractivity contribution in [3.05, 3.63) is 65.9 Å². The summed E-state index contributed by atoms with van der Waals surface area (Å²) in [5.41, 5.74) is 1.88. The quantitative estimate of drug-likeness (QED) is 0.664. The minimum Gasteiger partial charge on any atom is -0.497 e. The number of carbonyl (C=O) groups is 1. The highest BCUT2D eigenvalue weighted by Gasteiger charge is 2.35. The molecule has 0 bridgehead atoms. The van der Waals surface area contributed by atoms with Crippen molar-refractivity contribution in [2.45, 2.75) is 18.5 Å². The van der Waals surface area contributed by atoms with Crippen molar-refractivity contribution in [3.8, 4) is 5.75 Å². The Bertz CT molecular complexity index is 876. The summed E-state index contributed by atoms with van der Waals surface area (Å²) in [5.74, 6) is 2.11. The zero-order valence-electron chi connectivity index (χ0n) is 14.2. The van der Waals surface area contributed by atoms with Gasteiger partial charge in [-0.1, -0.05) is 17.3 Å². The van der Waals surface area contributed by atoms with Gasteiger partial charge in [-0.05, 0) is 29.8 Å². The van der Waals surface area contributed by atoms with Gasteiger partial charge in [-0.2, -0.15) is 0 Å². The average Bonchev–Trinajstić information content (AvgIpc) is 3.39. The maximum absolute atomic E-state index is 12.2. The molecule has 1 amide bonds. The summed E-state index contributed by atoms with van der Waals surface area (Å²) in [4.78, 5) is 14.0. The van der Waals surface area contributed by atoms with Gasteiger partial charge in [-0.3, -0.25) is 4.79 Å². The number of rotatable bonds is 6. The van der Waals surface area contributed by atoms with Gasteiger partial charge in [0.1, 0.15) is 22.6 Å². The van der Waals surface area contributed by atoms with E-state index >= 15 is 0 Å². The van der Waals surface area contributed by atoms with E-state index in [1.54, 1.807) is 34.7 Å². The fraction of sp³-hybridized carbons (Fsp3) is 0.278. The highest BCUT2D eigenvalue weighted by molar-refractivity contribution is 8.00. The zero-order chi connectivity index (χ0) is 17.9. The van der Waals surface area contributed by atoms with E-state index in [-0.39, 0.29) is 11.3 Å². The van der Waals surface area contributed by atoms with Gasteiger partial charge in [0.25, 0.3) is 0 Å². The molecule has 7 nitrogen and oxygen atoms in total. The number of amides is 1. The van der Waals surface area contributed by atoms with E-state index in [4.69, 9.17) is 9.15 Å². The Kier molecular flexibility index (Phi) is 4.66. The first-order chi connectivity index (χ1) is 12.7. The summed E-state index contributed by atoms with van der Waals surface area (Å²) in [5, 5.41) is 8.36. The predicted molar refractivity (Wildman–Crippen MR) is 96.6 cm³/mol. The summed E-state index contributed by atoms with van der Waals surface area (Å²) < 4.78 is 12.3. The van der Waals surface area contributed by atoms with Gasteiger partial charge in [0.05, 0.1) is 38.4 Å². The molecule has 0 spiro atoms. The van der Waals surface area contributed by atoms with E-state index < -0.39 is 0 Å². The molecule has 1 atom stereocenters. The summed E-state index contributed by atoms with van der Waals surface area (Å²) in [6, 6.07) is 11.5. The van der Waals surface area contributed by atoms with Gasteiger partial charge in [0, 0.05) is 0 Å². The molecule has 1 aliphatic rings. The van der Waals surface area contributed by atoms with E-state index in [1.807, 2.05) is 42.6 Å². The highest BCUT2D eigenvalue weighted by atomic mass is 32.2. The molecule has 3 heterocycles. The first-order valence-corrected chi connectivity index (χ1v) is 9.24. The maximum atomic E-state index is 12.2. The minimum atomic E-state index is -0.141. The maximum Gasteiger partial charge on any atom is 0.234 e. The fourth-order valence-corrected chi connectivity index (χ4v) is 3.98. The molecular weight excluding hydrogens is 352 g/mol. The predicted octanol–water partition coefficient (Wildman–Crippen LogP) is 2.70. The Hall–Kier alpha value is -2.74. The van der Waals surface area contributed by atoms with Gasteiger partial charge in [-0.15, -0.1) is 16.9 Å². The first kappa shape index (κ1) is 16.7. The second-order valence-electron chi connectivity index (χ2n) is 5.95. The van der Waals surface area contributed by atoms with Crippen molar-refractivity contribution in [1.82, 2.24) is 19.9 Å². The van der Waals surface area contributed by atoms with Crippen molar-refractivity contribution in [2.24, 2.45) is 0 Å². The Morgan fingerprint density at radius 2 is 2.12 bits per heavy atom. The third kappa shape index (κ3) is 3.45. The van der Waals surface area contributed by atoms with Gasteiger partial charge >= 0.3 is 0 Å². The van der Waals surface area contributed by atoms with Crippen LogP contribution < -0.4 is 4.74 Å². The molecule has 0 aliphatic carbocycles. The second-order valence-corrected chi connectivity index (χ2v) is 7.02. The van der Waals surface area contributed by atoms with Gasteiger partial charge in [-0.25, -0.2) is 4.68 Å². The number of aromatic nitrogens is 3. The Morgan fingerprint density at radius 3 is 2.85 bits per heavy atom. The van der Waals surface area contributed by atoms with Crippen LogP contribution in [0.5, 0.6) is 5.75 Å². The molecule has 0 saturated carbocycles. The number of furan rings is 1. The van der Waals surface area contributed by atoms with Gasteiger partial charge in [0.2, 0.25) is 5.91 Å². The van der Waals surface area contributed by atoms with E-state index in [0.29, 0.717) is 18.8 Å². The van der Waals surface area contributed by atoms with Crippen LogP contribution in [0.15, 0.2) is 53.3 Å². The summed E-state index contributed by atoms with van der Waals surface area (Å²) >= 11 is 1.56. The number of hydrogen-bond donors (Lipinski definition) is 0. The van der Waals surface area contributed by atoms with E-state index in [0.717, 1.165) is 22.8 Å². The smallest absolute Gasteiger partial charge is 0.234 e. The summed E-state index contributed by atoms with van der Waals surface area (Å²) in [7, 11) is 1.65. The summed E-state index contributed by atoms with van der Waals surface area (Å²) in [6.07, 6.45) is 3.51. The number of benzene rings is 1. The van der Waals surface area contributed by atoms with Crippen LogP contribution in [0.2, 0.25) is 0 Å². The van der Waals surface area contributed by atoms with E-state index in [9.17, 15) is 4.79 Å². The molecule has 8 heteroatoms. The van der Waals surface area contributed by atoms with E-state index in [1.165, 1.54) is 0 Å². The molecule has 1 fully saturated rings. The summed E-state index contributed by atoms with van der Waals surface area (Å²) in [6.45, 7) is 1.05. The standard InChI is InChI=1S/C18H18N4O3S/c1-24-14-6-4-13(5-7-14)9-21-11-16(19-20-21)18-22(17(23)12-26-18)10-15-3-2-8-25-15/h2-8,11,18H,9-10,12H2,1H3. The Labute approximate surface area is 154 Å². The number of nitrogens with zero attached hydrogens (tertiary/aromatic N) is 4. The third-order valence-electron chi connectivity index (χ3n) is 4.19. The van der Waals surface area contributed by atoms with E-state index in [2.05, 4.69) is 10.3 Å². The van der Waals surface area contributed by atoms with Crippen LogP contribution in [0.1, 0.15) is 22.4 Å². The largest absolute Gasteiger partial charge is 0.497 e. The van der Waals surface area contributed by atoms with Crippen molar-refractivity contribution in [3.63, 3.8) is 0 Å². The molecule has 134 valence electrons. The van der Waals surface area contributed by atoms with Crippen molar-refractivity contribution in [1.29, 1.82) is 0 Å². The normalized spacial score (nSPS) is 17.0. The molecule has 1 saturated heterocycles. The topological polar surface area (TPSA) is 73.4 Å². The lowest BCUT2D eigenvalue weighted by Gasteiger charge is -2.20. The van der Waals surface area contributed by atoms with Crippen molar-refractivity contribution >= 4 is 17.7 Å². The average molecular weight is 370 g/mol. The van der Waals surface area contributed by atoms with Crippen molar-refractivity contribution < 1.29 is 13.9 Å². The molecule has 26 heavy (non-hydrogen) atoms. The highest BCUT2D eigenvalue weighted by Crippen LogP contribution is 2.38. The number of carbonyl (C=O) groups excluding carboxylic acids is 1. The number of methoxy groups -OCH3 is 1. The third-order valence-corrected chi connectivity index (χ3v) is 5.41. The second kappa shape index (κ2) is 7.25. The van der Waals surface area contributed by atoms with Gasteiger partial charge < -0.3 is 14.1 Å². The Balaban J connectivity index is 1.48. The Morgan fingerprint density at radius 1 is 1.27 bits per heavy atom. The first-order valence-electron chi connectivity index (χ1n) is 8.19. The number of thioether (sulfide) groups is 1. The number of hydrogen-bond acceptors (Lipinski definition) is 6. The van der Waals surface area contributed by atoms with Crippen LogP contribution in [0.4, 0.5) is 0 Å². The van der Waals surface area contributed by atoms with Gasteiger partial charge in [0.15, 0.2) is 0 Å². The lowest BCUT2D eigenvalue weighted by molar-refractivity contribution is -0.128. The van der Waals surface area contributed by atoms with Crippen LogP contribution in [0.25, 0.3) is 0 Å². The molecule has 3 aromatic rings. The monoisotopic (exact) mass is 370 g/mol. The molecule has 1 aliphatic heterocycles. The van der Waals surface area contributed by atoms with Crippen LogP contribution in [-0.4, -0.2) is 38.7 Å². The molecule has 0 radical (unpaired) electrons. The lowest BCUT2D eigenvalue weighted by Crippen LogP contribution is -2.27. The molecule has 2 aromatic heterocycles. The lowest BCUT2D eigenvalue weighted by atomic mass is 10.2. The minimum absolute atomic E-state index is 0.0844. The van der Waals surface area contributed by atoms with Crippen LogP contribution in [0.3, 0.4) is 0 Å². The molecule has 1 aromatic carbocycles. The van der Waals surface area contributed by atoms with Crippen LogP contribution in [-0.2, 0) is 17.9 Å². The molecule has 4 rings (SSSR count).